The van der Waals surface area contributed by atoms with Crippen LogP contribution in [0.4, 0.5) is 5.69 Å². The summed E-state index contributed by atoms with van der Waals surface area (Å²) in [7, 11) is 0. The van der Waals surface area contributed by atoms with Crippen molar-refractivity contribution in [2.75, 3.05) is 0 Å². The fraction of sp³-hybridized carbons (Fsp3) is 0.636. The molecule has 0 bridgehead atoms. The van der Waals surface area contributed by atoms with Gasteiger partial charge < -0.3 is 4.74 Å². The molecule has 1 aromatic rings. The number of ether oxygens (including phenoxy) is 1. The van der Waals surface area contributed by atoms with E-state index in [0.717, 1.165) is 25.7 Å². The van der Waals surface area contributed by atoms with Crippen molar-refractivity contribution in [3.63, 3.8) is 0 Å². The molecule has 0 aromatic carbocycles. The van der Waals surface area contributed by atoms with Gasteiger partial charge in [0.25, 0.3) is 5.88 Å². The van der Waals surface area contributed by atoms with Gasteiger partial charge in [-0.15, -0.1) is 0 Å². The average molecular weight is 272 g/mol. The number of rotatable bonds is 3. The van der Waals surface area contributed by atoms with Gasteiger partial charge in [-0.3, -0.25) is 10.1 Å². The highest BCUT2D eigenvalue weighted by atomic mass is 35.5. The van der Waals surface area contributed by atoms with Gasteiger partial charge in [-0.05, 0) is 25.7 Å². The molecule has 1 aromatic heterocycles. The number of aromatic nitrogens is 2. The Bertz CT molecular complexity index is 434. The standard InChI is InChI=1S/C11H14ClN3O3/c12-10-9(15(16)17)11(14-7-13-10)18-8-5-3-1-2-4-6-8/h7-8H,1-6H2. The molecular formula is C11H14ClN3O3. The van der Waals surface area contributed by atoms with Gasteiger partial charge >= 0.3 is 5.69 Å². The van der Waals surface area contributed by atoms with E-state index in [2.05, 4.69) is 9.97 Å². The van der Waals surface area contributed by atoms with Crippen molar-refractivity contribution in [2.24, 2.45) is 0 Å². The van der Waals surface area contributed by atoms with Crippen LogP contribution in [0.5, 0.6) is 5.88 Å². The third kappa shape index (κ3) is 3.07. The van der Waals surface area contributed by atoms with Crippen molar-refractivity contribution >= 4 is 17.3 Å². The van der Waals surface area contributed by atoms with Crippen molar-refractivity contribution in [2.45, 2.75) is 44.6 Å². The van der Waals surface area contributed by atoms with Gasteiger partial charge in [0.2, 0.25) is 5.15 Å². The summed E-state index contributed by atoms with van der Waals surface area (Å²) in [6, 6.07) is 0. The Labute approximate surface area is 109 Å². The number of hydrogen-bond acceptors (Lipinski definition) is 5. The normalized spacial score (nSPS) is 17.2. The van der Waals surface area contributed by atoms with Crippen molar-refractivity contribution in [1.29, 1.82) is 0 Å². The zero-order valence-electron chi connectivity index (χ0n) is 9.84. The fourth-order valence-corrected chi connectivity index (χ4v) is 2.29. The third-order valence-electron chi connectivity index (χ3n) is 3.01. The van der Waals surface area contributed by atoms with Crippen molar-refractivity contribution in [3.05, 3.63) is 21.6 Å². The quantitative estimate of drug-likeness (QED) is 0.365. The minimum absolute atomic E-state index is 0.0165. The van der Waals surface area contributed by atoms with E-state index in [1.54, 1.807) is 0 Å². The zero-order chi connectivity index (χ0) is 13.0. The first-order valence-electron chi connectivity index (χ1n) is 6.00. The maximum Gasteiger partial charge on any atom is 0.367 e. The third-order valence-corrected chi connectivity index (χ3v) is 3.28. The van der Waals surface area contributed by atoms with Crippen LogP contribution in [0.3, 0.4) is 0 Å². The fourth-order valence-electron chi connectivity index (χ4n) is 2.10. The maximum atomic E-state index is 10.9. The summed E-state index contributed by atoms with van der Waals surface area (Å²) in [5, 5.41) is 10.7. The largest absolute Gasteiger partial charge is 0.469 e. The second kappa shape index (κ2) is 5.95. The predicted molar refractivity (Wildman–Crippen MR) is 65.8 cm³/mol. The summed E-state index contributed by atoms with van der Waals surface area (Å²) in [6.07, 6.45) is 7.50. The molecule has 0 aliphatic heterocycles. The van der Waals surface area contributed by atoms with Crippen LogP contribution >= 0.6 is 11.6 Å². The van der Waals surface area contributed by atoms with Crippen molar-refractivity contribution < 1.29 is 9.66 Å². The van der Waals surface area contributed by atoms with Crippen molar-refractivity contribution in [3.8, 4) is 5.88 Å². The van der Waals surface area contributed by atoms with Gasteiger partial charge in [-0.1, -0.05) is 24.4 Å². The molecule has 0 unspecified atom stereocenters. The first-order chi connectivity index (χ1) is 8.68. The van der Waals surface area contributed by atoms with Gasteiger partial charge in [0.15, 0.2) is 0 Å². The Morgan fingerprint density at radius 2 is 1.94 bits per heavy atom. The molecule has 7 heteroatoms. The summed E-state index contributed by atoms with van der Waals surface area (Å²) in [4.78, 5) is 17.7. The Balaban J connectivity index is 2.17. The van der Waals surface area contributed by atoms with Crippen LogP contribution in [0.2, 0.25) is 5.15 Å². The molecule has 0 spiro atoms. The minimum Gasteiger partial charge on any atom is -0.469 e. The zero-order valence-corrected chi connectivity index (χ0v) is 10.6. The number of nitrogens with zero attached hydrogens (tertiary/aromatic N) is 3. The van der Waals surface area contributed by atoms with E-state index >= 15 is 0 Å². The Morgan fingerprint density at radius 3 is 2.56 bits per heavy atom. The van der Waals surface area contributed by atoms with Crippen LogP contribution in [0.25, 0.3) is 0 Å². The van der Waals surface area contributed by atoms with Crippen LogP contribution in [0.15, 0.2) is 6.33 Å². The molecule has 0 atom stereocenters. The lowest BCUT2D eigenvalue weighted by atomic mass is 10.1. The van der Waals surface area contributed by atoms with Gasteiger partial charge in [0.1, 0.15) is 12.4 Å². The predicted octanol–water partition coefficient (Wildman–Crippen LogP) is 3.14. The maximum absolute atomic E-state index is 10.9. The Morgan fingerprint density at radius 1 is 1.28 bits per heavy atom. The molecule has 6 nitrogen and oxygen atoms in total. The lowest BCUT2D eigenvalue weighted by Gasteiger charge is -2.15. The molecule has 98 valence electrons. The highest BCUT2D eigenvalue weighted by Gasteiger charge is 2.25. The van der Waals surface area contributed by atoms with E-state index in [4.69, 9.17) is 16.3 Å². The van der Waals surface area contributed by atoms with Gasteiger partial charge in [0.05, 0.1) is 4.92 Å². The Kier molecular flexibility index (Phi) is 4.30. The SMILES string of the molecule is O=[N+]([O-])c1c(Cl)ncnc1OC1CCCCCC1. The minimum atomic E-state index is -0.603. The summed E-state index contributed by atoms with van der Waals surface area (Å²) < 4.78 is 5.63. The van der Waals surface area contributed by atoms with E-state index in [1.807, 2.05) is 0 Å². The highest BCUT2D eigenvalue weighted by Crippen LogP contribution is 2.32. The van der Waals surface area contributed by atoms with E-state index in [0.29, 0.717) is 0 Å². The van der Waals surface area contributed by atoms with Crippen molar-refractivity contribution in [1.82, 2.24) is 9.97 Å². The number of hydrogen-bond donors (Lipinski definition) is 0. The molecule has 1 saturated carbocycles. The first-order valence-corrected chi connectivity index (χ1v) is 6.38. The topological polar surface area (TPSA) is 78.2 Å². The Hall–Kier alpha value is -1.43. The first kappa shape index (κ1) is 13.0. The van der Waals surface area contributed by atoms with Gasteiger partial charge in [-0.2, -0.15) is 4.98 Å². The molecule has 1 fully saturated rings. The number of nitro groups is 1. The van der Waals surface area contributed by atoms with Gasteiger partial charge in [-0.25, -0.2) is 4.98 Å². The van der Waals surface area contributed by atoms with Crippen LogP contribution in [-0.4, -0.2) is 21.0 Å². The molecule has 1 aliphatic rings. The molecule has 0 radical (unpaired) electrons. The molecule has 18 heavy (non-hydrogen) atoms. The molecular weight excluding hydrogens is 258 g/mol. The highest BCUT2D eigenvalue weighted by molar-refractivity contribution is 6.31. The lowest BCUT2D eigenvalue weighted by molar-refractivity contribution is -0.386. The van der Waals surface area contributed by atoms with E-state index in [9.17, 15) is 10.1 Å². The average Bonchev–Trinajstić information content (AvgIpc) is 2.57. The lowest BCUT2D eigenvalue weighted by Crippen LogP contribution is -2.17. The van der Waals surface area contributed by atoms with Crippen LogP contribution in [0, 0.1) is 10.1 Å². The smallest absolute Gasteiger partial charge is 0.367 e. The molecule has 0 amide bonds. The van der Waals surface area contributed by atoms with Crippen LogP contribution < -0.4 is 4.74 Å². The van der Waals surface area contributed by atoms with Crippen LogP contribution in [0.1, 0.15) is 38.5 Å². The molecule has 2 rings (SSSR count). The summed E-state index contributed by atoms with van der Waals surface area (Å²) in [6.45, 7) is 0. The van der Waals surface area contributed by atoms with Crippen LogP contribution in [-0.2, 0) is 0 Å². The second-order valence-corrected chi connectivity index (χ2v) is 4.66. The van der Waals surface area contributed by atoms with E-state index < -0.39 is 4.92 Å². The summed E-state index contributed by atoms with van der Waals surface area (Å²) >= 11 is 5.70. The summed E-state index contributed by atoms with van der Waals surface area (Å²) in [5.41, 5.74) is -0.344. The van der Waals surface area contributed by atoms with E-state index in [-0.39, 0.29) is 22.8 Å². The van der Waals surface area contributed by atoms with Gasteiger partial charge in [0, 0.05) is 0 Å². The molecule has 1 heterocycles. The second-order valence-electron chi connectivity index (χ2n) is 4.31. The molecule has 0 N–H and O–H groups in total. The monoisotopic (exact) mass is 271 g/mol. The summed E-state index contributed by atoms with van der Waals surface area (Å²) in [5.74, 6) is -0.0214. The molecule has 0 saturated heterocycles. The molecule has 1 aliphatic carbocycles. The van der Waals surface area contributed by atoms with E-state index in [1.165, 1.54) is 19.2 Å². The number of halogens is 1.